The van der Waals surface area contributed by atoms with Crippen LogP contribution in [-0.4, -0.2) is 15.7 Å². The number of allylic oxidation sites excluding steroid dienone is 5. The highest BCUT2D eigenvalue weighted by Gasteiger charge is 2.21. The number of nitrogens with zero attached hydrogens (tertiary/aromatic N) is 2. The van der Waals surface area contributed by atoms with Crippen molar-refractivity contribution in [1.82, 2.24) is 9.78 Å². The summed E-state index contributed by atoms with van der Waals surface area (Å²) in [6, 6.07) is 2.10. The fraction of sp³-hybridized carbons (Fsp3) is 0.655. The first-order chi connectivity index (χ1) is 16.0. The molecule has 0 bridgehead atoms. The number of rotatable bonds is 11. The maximum Gasteiger partial charge on any atom is 0.228 e. The lowest BCUT2D eigenvalue weighted by Gasteiger charge is -2.21. The first-order valence-corrected chi connectivity index (χ1v) is 13.4. The van der Waals surface area contributed by atoms with Crippen LogP contribution < -0.4 is 5.32 Å². The van der Waals surface area contributed by atoms with E-state index < -0.39 is 0 Å². The highest BCUT2D eigenvalue weighted by atomic mass is 16.2. The first-order valence-electron chi connectivity index (χ1n) is 13.4. The standard InChI is InChI=1S/C29H45N3O/c1-5-12-24-15-10-11-16-26(20-24)27-21-28(30-29(33)25(6-2)19-22(3)4)31-32(27)18-17-23-13-8-7-9-14-23/h16,20-21,23,25H,3,5-15,17-19H2,1-2,4H3,(H,30,31,33). The second kappa shape index (κ2) is 13.0. The van der Waals surface area contributed by atoms with E-state index in [2.05, 4.69) is 48.6 Å². The number of carbonyl (C=O) groups is 1. The van der Waals surface area contributed by atoms with Gasteiger partial charge < -0.3 is 5.32 Å². The van der Waals surface area contributed by atoms with Crippen molar-refractivity contribution < 1.29 is 4.79 Å². The van der Waals surface area contributed by atoms with E-state index in [1.807, 2.05) is 6.92 Å². The number of carbonyl (C=O) groups excluding carboxylic acids is 1. The van der Waals surface area contributed by atoms with Crippen LogP contribution in [-0.2, 0) is 11.3 Å². The number of anilines is 1. The molecule has 4 heteroatoms. The van der Waals surface area contributed by atoms with Gasteiger partial charge in [0, 0.05) is 18.5 Å². The highest BCUT2D eigenvalue weighted by Crippen LogP contribution is 2.31. The fourth-order valence-electron chi connectivity index (χ4n) is 5.37. The number of aromatic nitrogens is 2. The molecule has 0 saturated heterocycles. The molecule has 4 nitrogen and oxygen atoms in total. The number of hydrogen-bond donors (Lipinski definition) is 1. The summed E-state index contributed by atoms with van der Waals surface area (Å²) >= 11 is 0. The Morgan fingerprint density at radius 2 is 2.03 bits per heavy atom. The predicted octanol–water partition coefficient (Wildman–Crippen LogP) is 8.08. The molecule has 0 radical (unpaired) electrons. The maximum atomic E-state index is 12.9. The molecular formula is C29H45N3O. The van der Waals surface area contributed by atoms with E-state index >= 15 is 0 Å². The summed E-state index contributed by atoms with van der Waals surface area (Å²) in [5, 5.41) is 8.03. The van der Waals surface area contributed by atoms with Crippen molar-refractivity contribution in [2.45, 2.75) is 111 Å². The molecule has 0 aromatic carbocycles. The summed E-state index contributed by atoms with van der Waals surface area (Å²) in [6.45, 7) is 11.2. The first kappa shape index (κ1) is 25.5. The third-order valence-electron chi connectivity index (χ3n) is 7.26. The Kier molecular flexibility index (Phi) is 10.0. The van der Waals surface area contributed by atoms with Crippen LogP contribution in [0.2, 0.25) is 0 Å². The number of nitrogens with one attached hydrogen (secondary N) is 1. The minimum absolute atomic E-state index is 0.0495. The van der Waals surface area contributed by atoms with Crippen molar-refractivity contribution in [1.29, 1.82) is 0 Å². The predicted molar refractivity (Wildman–Crippen MR) is 140 cm³/mol. The van der Waals surface area contributed by atoms with Crippen LogP contribution >= 0.6 is 0 Å². The summed E-state index contributed by atoms with van der Waals surface area (Å²) in [7, 11) is 0. The van der Waals surface area contributed by atoms with Gasteiger partial charge in [0.05, 0.1) is 5.69 Å². The summed E-state index contributed by atoms with van der Waals surface area (Å²) in [6.07, 6.45) is 20.2. The molecule has 33 heavy (non-hydrogen) atoms. The van der Waals surface area contributed by atoms with Crippen molar-refractivity contribution in [3.8, 4) is 0 Å². The normalized spacial score (nSPS) is 18.3. The summed E-state index contributed by atoms with van der Waals surface area (Å²) in [5.41, 5.74) is 5.03. The Morgan fingerprint density at radius 1 is 1.24 bits per heavy atom. The summed E-state index contributed by atoms with van der Waals surface area (Å²) in [4.78, 5) is 12.9. The lowest BCUT2D eigenvalue weighted by Crippen LogP contribution is -2.23. The van der Waals surface area contributed by atoms with Gasteiger partial charge in [0.15, 0.2) is 5.82 Å². The van der Waals surface area contributed by atoms with E-state index in [-0.39, 0.29) is 11.8 Å². The molecule has 3 rings (SSSR count). The van der Waals surface area contributed by atoms with Crippen LogP contribution in [0.3, 0.4) is 0 Å². The smallest absolute Gasteiger partial charge is 0.228 e. The zero-order valence-electron chi connectivity index (χ0n) is 21.3. The molecule has 182 valence electrons. The molecule has 0 aliphatic heterocycles. The second-order valence-electron chi connectivity index (χ2n) is 10.3. The molecule has 0 spiro atoms. The Balaban J connectivity index is 1.83. The quantitative estimate of drug-likeness (QED) is 0.346. The molecule has 1 atom stereocenters. The molecule has 1 heterocycles. The van der Waals surface area contributed by atoms with Gasteiger partial charge in [-0.1, -0.05) is 75.7 Å². The van der Waals surface area contributed by atoms with E-state index in [1.54, 1.807) is 5.57 Å². The molecule has 2 aliphatic rings. The molecule has 1 aromatic rings. The van der Waals surface area contributed by atoms with Crippen molar-refractivity contribution in [2.75, 3.05) is 5.32 Å². The largest absolute Gasteiger partial charge is 0.309 e. The third-order valence-corrected chi connectivity index (χ3v) is 7.26. The third kappa shape index (κ3) is 7.72. The van der Waals surface area contributed by atoms with Crippen LogP contribution in [0.15, 0.2) is 35.9 Å². The van der Waals surface area contributed by atoms with Gasteiger partial charge in [-0.2, -0.15) is 5.10 Å². The fourth-order valence-corrected chi connectivity index (χ4v) is 5.37. The minimum Gasteiger partial charge on any atom is -0.309 e. The molecule has 1 amide bonds. The lowest BCUT2D eigenvalue weighted by molar-refractivity contribution is -0.119. The SMILES string of the molecule is C=C(C)CC(CC)C(=O)Nc1cc(C2=CCCCC(CCC)=C2)n(CCC2CCCCC2)n1. The van der Waals surface area contributed by atoms with Crippen LogP contribution in [0, 0.1) is 11.8 Å². The van der Waals surface area contributed by atoms with Gasteiger partial charge >= 0.3 is 0 Å². The van der Waals surface area contributed by atoms with Gasteiger partial charge in [0.1, 0.15) is 0 Å². The van der Waals surface area contributed by atoms with Gasteiger partial charge in [0.25, 0.3) is 0 Å². The van der Waals surface area contributed by atoms with Gasteiger partial charge in [-0.25, -0.2) is 0 Å². The average Bonchev–Trinajstić information content (AvgIpc) is 3.05. The highest BCUT2D eigenvalue weighted by molar-refractivity contribution is 5.92. The molecule has 1 N–H and O–H groups in total. The maximum absolute atomic E-state index is 12.9. The minimum atomic E-state index is -0.0495. The zero-order valence-corrected chi connectivity index (χ0v) is 21.3. The molecule has 1 saturated carbocycles. The van der Waals surface area contributed by atoms with Gasteiger partial charge in [0.2, 0.25) is 5.91 Å². The Hall–Kier alpha value is -2.10. The van der Waals surface area contributed by atoms with Crippen LogP contribution in [0.1, 0.15) is 110 Å². The average molecular weight is 452 g/mol. The van der Waals surface area contributed by atoms with E-state index in [1.165, 1.54) is 63.4 Å². The van der Waals surface area contributed by atoms with Crippen molar-refractivity contribution in [3.63, 3.8) is 0 Å². The van der Waals surface area contributed by atoms with E-state index in [9.17, 15) is 4.79 Å². The van der Waals surface area contributed by atoms with Crippen molar-refractivity contribution in [3.05, 3.63) is 41.6 Å². The molecular weight excluding hydrogens is 406 g/mol. The monoisotopic (exact) mass is 451 g/mol. The Bertz CT molecular complexity index is 850. The van der Waals surface area contributed by atoms with E-state index in [0.717, 1.165) is 49.4 Å². The van der Waals surface area contributed by atoms with Crippen molar-refractivity contribution in [2.24, 2.45) is 11.8 Å². The lowest BCUT2D eigenvalue weighted by atomic mass is 9.87. The number of hydrogen-bond acceptors (Lipinski definition) is 2. The Morgan fingerprint density at radius 3 is 2.73 bits per heavy atom. The molecule has 1 aromatic heterocycles. The van der Waals surface area contributed by atoms with Crippen LogP contribution in [0.5, 0.6) is 0 Å². The molecule has 2 aliphatic carbocycles. The second-order valence-corrected chi connectivity index (χ2v) is 10.3. The summed E-state index contributed by atoms with van der Waals surface area (Å²) in [5.74, 6) is 1.50. The van der Waals surface area contributed by atoms with E-state index in [4.69, 9.17) is 5.10 Å². The molecule has 1 fully saturated rings. The number of aryl methyl sites for hydroxylation is 1. The van der Waals surface area contributed by atoms with Gasteiger partial charge in [-0.3, -0.25) is 9.48 Å². The Labute approximate surface area is 201 Å². The summed E-state index contributed by atoms with van der Waals surface area (Å²) < 4.78 is 2.17. The van der Waals surface area contributed by atoms with Crippen molar-refractivity contribution >= 4 is 17.3 Å². The topological polar surface area (TPSA) is 46.9 Å². The van der Waals surface area contributed by atoms with E-state index in [0.29, 0.717) is 5.82 Å². The molecule has 1 unspecified atom stereocenters. The van der Waals surface area contributed by atoms with Gasteiger partial charge in [-0.15, -0.1) is 6.58 Å². The van der Waals surface area contributed by atoms with Gasteiger partial charge in [-0.05, 0) is 63.4 Å². The number of amides is 1. The van der Waals surface area contributed by atoms with Crippen LogP contribution in [0.4, 0.5) is 5.82 Å². The van der Waals surface area contributed by atoms with Crippen LogP contribution in [0.25, 0.3) is 5.57 Å². The zero-order chi connectivity index (χ0) is 23.6.